The first-order chi connectivity index (χ1) is 17.2. The number of ether oxygens (including phenoxy) is 2. The highest BCUT2D eigenvalue weighted by Gasteiger charge is 2.57. The molecule has 1 aliphatic rings. The molecule has 5 rings (SSSR count). The predicted octanol–water partition coefficient (Wildman–Crippen LogP) is 4.65. The summed E-state index contributed by atoms with van der Waals surface area (Å²) in [5, 5.41) is 24.0. The van der Waals surface area contributed by atoms with Crippen molar-refractivity contribution in [2.75, 3.05) is 0 Å². The van der Waals surface area contributed by atoms with E-state index in [4.69, 9.17) is 32.7 Å². The van der Waals surface area contributed by atoms with Crippen molar-refractivity contribution in [3.63, 3.8) is 0 Å². The van der Waals surface area contributed by atoms with Crippen LogP contribution in [0.15, 0.2) is 67.1 Å². The summed E-state index contributed by atoms with van der Waals surface area (Å²) in [7, 11) is 0. The molecule has 8 nitrogen and oxygen atoms in total. The zero-order valence-corrected chi connectivity index (χ0v) is 20.9. The Balaban J connectivity index is 1.56. The molecule has 0 amide bonds. The number of rotatable bonds is 5. The largest absolute Gasteiger partial charge is 0.451 e. The van der Waals surface area contributed by atoms with Gasteiger partial charge in [0.2, 0.25) is 0 Å². The molecular formula is C26H23Cl2N3O5. The van der Waals surface area contributed by atoms with E-state index < -0.39 is 36.1 Å². The molecule has 10 heteroatoms. The molecule has 0 unspecified atom stereocenters. The molecule has 2 aromatic heterocycles. The Morgan fingerprint density at radius 3 is 2.64 bits per heavy atom. The number of aromatic nitrogens is 3. The normalized spacial score (nSPS) is 24.7. The van der Waals surface area contributed by atoms with Crippen molar-refractivity contribution in [1.29, 1.82) is 0 Å². The van der Waals surface area contributed by atoms with Crippen LogP contribution in [0.2, 0.25) is 10.2 Å². The third kappa shape index (κ3) is 4.25. The molecule has 5 atom stereocenters. The number of halogens is 2. The van der Waals surface area contributed by atoms with Gasteiger partial charge in [-0.2, -0.15) is 0 Å². The highest BCUT2D eigenvalue weighted by molar-refractivity contribution is 6.33. The number of carbonyl (C=O) groups is 1. The van der Waals surface area contributed by atoms with Crippen molar-refractivity contribution in [1.82, 2.24) is 14.5 Å². The van der Waals surface area contributed by atoms with Crippen molar-refractivity contribution in [2.45, 2.75) is 44.0 Å². The molecule has 2 aromatic carbocycles. The molecule has 3 heterocycles. The Labute approximate surface area is 217 Å². The van der Waals surface area contributed by atoms with Gasteiger partial charge in [-0.05, 0) is 49.2 Å². The van der Waals surface area contributed by atoms with Gasteiger partial charge in [0.15, 0.2) is 12.3 Å². The van der Waals surface area contributed by atoms with Crippen LogP contribution in [0, 0.1) is 6.92 Å². The summed E-state index contributed by atoms with van der Waals surface area (Å²) in [4.78, 5) is 21.3. The number of benzene rings is 2. The van der Waals surface area contributed by atoms with E-state index in [2.05, 4.69) is 9.97 Å². The summed E-state index contributed by atoms with van der Waals surface area (Å²) < 4.78 is 13.7. The van der Waals surface area contributed by atoms with Crippen molar-refractivity contribution in [3.05, 3.63) is 94.0 Å². The van der Waals surface area contributed by atoms with Crippen molar-refractivity contribution < 1.29 is 24.5 Å². The van der Waals surface area contributed by atoms with Crippen molar-refractivity contribution in [2.24, 2.45) is 0 Å². The molecule has 2 N–H and O–H groups in total. The molecule has 0 radical (unpaired) electrons. The number of carbonyl (C=O) groups excluding carboxylic acids is 1. The van der Waals surface area contributed by atoms with E-state index in [1.54, 1.807) is 65.4 Å². The molecule has 0 saturated carbocycles. The molecule has 0 aliphatic carbocycles. The summed E-state index contributed by atoms with van der Waals surface area (Å²) in [5.74, 6) is -0.611. The van der Waals surface area contributed by atoms with Crippen LogP contribution in [0.4, 0.5) is 0 Å². The van der Waals surface area contributed by atoms with Crippen LogP contribution in [0.1, 0.15) is 40.7 Å². The Bertz CT molecular complexity index is 1430. The number of hydrogen-bond donors (Lipinski definition) is 2. The third-order valence-corrected chi connectivity index (χ3v) is 7.22. The van der Waals surface area contributed by atoms with Gasteiger partial charge in [0.05, 0.1) is 10.9 Å². The zero-order chi connectivity index (χ0) is 25.6. The lowest BCUT2D eigenvalue weighted by atomic mass is 9.88. The van der Waals surface area contributed by atoms with E-state index >= 15 is 0 Å². The van der Waals surface area contributed by atoms with Gasteiger partial charge in [-0.1, -0.05) is 53.5 Å². The molecule has 1 fully saturated rings. The molecule has 36 heavy (non-hydrogen) atoms. The fourth-order valence-electron chi connectivity index (χ4n) is 4.41. The average Bonchev–Trinajstić information content (AvgIpc) is 3.39. The number of hydrogen-bond acceptors (Lipinski definition) is 7. The molecular weight excluding hydrogens is 505 g/mol. The predicted molar refractivity (Wildman–Crippen MR) is 134 cm³/mol. The SMILES string of the molecule is Cc1ccc([C@@H](OC(=O)c2ccccc2)[C@H]2O[C@@H](n3ccc4c(Cl)ncnc43)[C@H](O)[C@]2(C)O)cc1Cl. The smallest absolute Gasteiger partial charge is 0.338 e. The van der Waals surface area contributed by atoms with E-state index in [0.29, 0.717) is 27.2 Å². The standard InChI is InChI=1S/C26H23Cl2N3O5/c1-14-8-9-16(12-18(14)27)19(35-25(33)15-6-4-3-5-7-15)21-26(2,34)20(32)24(36-21)31-11-10-17-22(28)29-13-30-23(17)31/h3-13,19-21,24,32,34H,1-2H3/t19-,20+,21-,24-,26+/m1/s1. The van der Waals surface area contributed by atoms with E-state index in [9.17, 15) is 15.0 Å². The van der Waals surface area contributed by atoms with Crippen LogP contribution in [-0.2, 0) is 9.47 Å². The van der Waals surface area contributed by atoms with Gasteiger partial charge in [0.25, 0.3) is 0 Å². The van der Waals surface area contributed by atoms with Gasteiger partial charge in [0.1, 0.15) is 34.9 Å². The molecule has 186 valence electrons. The maximum Gasteiger partial charge on any atom is 0.338 e. The Hall–Kier alpha value is -3.01. The number of esters is 1. The maximum atomic E-state index is 13.1. The molecule has 4 aromatic rings. The molecule has 1 aliphatic heterocycles. The molecule has 1 saturated heterocycles. The number of aliphatic hydroxyl groups is 2. The fourth-order valence-corrected chi connectivity index (χ4v) is 4.79. The summed E-state index contributed by atoms with van der Waals surface area (Å²) >= 11 is 12.6. The van der Waals surface area contributed by atoms with E-state index in [1.807, 2.05) is 6.92 Å². The van der Waals surface area contributed by atoms with Gasteiger partial charge in [-0.3, -0.25) is 0 Å². The average molecular weight is 528 g/mol. The van der Waals surface area contributed by atoms with Gasteiger partial charge in [0, 0.05) is 11.2 Å². The minimum atomic E-state index is -1.82. The van der Waals surface area contributed by atoms with E-state index in [-0.39, 0.29) is 5.15 Å². The van der Waals surface area contributed by atoms with Gasteiger partial charge < -0.3 is 24.3 Å². The second kappa shape index (κ2) is 9.46. The van der Waals surface area contributed by atoms with Gasteiger partial charge >= 0.3 is 5.97 Å². The highest BCUT2D eigenvalue weighted by Crippen LogP contribution is 2.45. The Morgan fingerprint density at radius 2 is 1.92 bits per heavy atom. The molecule has 0 spiro atoms. The monoisotopic (exact) mass is 527 g/mol. The van der Waals surface area contributed by atoms with Crippen LogP contribution < -0.4 is 0 Å². The van der Waals surface area contributed by atoms with Crippen LogP contribution in [0.5, 0.6) is 0 Å². The quantitative estimate of drug-likeness (QED) is 0.287. The van der Waals surface area contributed by atoms with Crippen molar-refractivity contribution >= 4 is 40.2 Å². The lowest BCUT2D eigenvalue weighted by Gasteiger charge is -2.32. The number of aryl methyl sites for hydroxylation is 1. The third-order valence-electron chi connectivity index (χ3n) is 6.51. The van der Waals surface area contributed by atoms with E-state index in [1.165, 1.54) is 13.3 Å². The Morgan fingerprint density at radius 1 is 1.17 bits per heavy atom. The second-order valence-corrected chi connectivity index (χ2v) is 9.71. The maximum absolute atomic E-state index is 13.1. The first kappa shape index (κ1) is 24.7. The lowest BCUT2D eigenvalue weighted by molar-refractivity contribution is -0.119. The fraction of sp³-hybridized carbons (Fsp3) is 0.269. The highest BCUT2D eigenvalue weighted by atomic mass is 35.5. The summed E-state index contributed by atoms with van der Waals surface area (Å²) in [6.45, 7) is 3.29. The first-order valence-electron chi connectivity index (χ1n) is 11.2. The van der Waals surface area contributed by atoms with Crippen LogP contribution in [0.25, 0.3) is 11.0 Å². The van der Waals surface area contributed by atoms with Crippen LogP contribution in [0.3, 0.4) is 0 Å². The first-order valence-corrected chi connectivity index (χ1v) is 12.0. The number of aliphatic hydroxyl groups excluding tert-OH is 1. The Kier molecular flexibility index (Phi) is 6.48. The summed E-state index contributed by atoms with van der Waals surface area (Å²) in [6, 6.07) is 15.4. The second-order valence-electron chi connectivity index (χ2n) is 8.94. The van der Waals surface area contributed by atoms with Gasteiger partial charge in [-0.15, -0.1) is 0 Å². The van der Waals surface area contributed by atoms with Gasteiger partial charge in [-0.25, -0.2) is 14.8 Å². The van der Waals surface area contributed by atoms with Crippen LogP contribution in [-0.4, -0.2) is 48.5 Å². The lowest BCUT2D eigenvalue weighted by Crippen LogP contribution is -2.48. The zero-order valence-electron chi connectivity index (χ0n) is 19.4. The summed E-state index contributed by atoms with van der Waals surface area (Å²) in [5.41, 5.74) is 0.276. The topological polar surface area (TPSA) is 107 Å². The van der Waals surface area contributed by atoms with Crippen LogP contribution >= 0.6 is 23.2 Å². The minimum absolute atomic E-state index is 0.249. The van der Waals surface area contributed by atoms with Crippen molar-refractivity contribution in [3.8, 4) is 0 Å². The molecule has 0 bridgehead atoms. The number of fused-ring (bicyclic) bond motifs is 1. The number of nitrogens with zero attached hydrogens (tertiary/aromatic N) is 3. The van der Waals surface area contributed by atoms with E-state index in [0.717, 1.165) is 5.56 Å². The summed E-state index contributed by atoms with van der Waals surface area (Å²) in [6.07, 6.45) is -1.75. The minimum Gasteiger partial charge on any atom is -0.451 e.